The molecule has 0 radical (unpaired) electrons. The van der Waals surface area contributed by atoms with Crippen LogP contribution in [0.15, 0.2) is 23.2 Å². The SMILES string of the molecule is Clc1cccc2c1N(Cl)C(Cl)C=N2. The highest BCUT2D eigenvalue weighted by Gasteiger charge is 2.22. The van der Waals surface area contributed by atoms with Crippen LogP contribution < -0.4 is 4.42 Å². The fourth-order valence-electron chi connectivity index (χ4n) is 1.14. The third kappa shape index (κ3) is 1.50. The Labute approximate surface area is 90.8 Å². The van der Waals surface area contributed by atoms with Gasteiger partial charge in [-0.05, 0) is 12.1 Å². The highest BCUT2D eigenvalue weighted by atomic mass is 35.5. The predicted octanol–water partition coefficient (Wildman–Crippen LogP) is 3.58. The Kier molecular flexibility index (Phi) is 2.37. The summed E-state index contributed by atoms with van der Waals surface area (Å²) in [5.74, 6) is 0. The van der Waals surface area contributed by atoms with Gasteiger partial charge in [0.25, 0.3) is 0 Å². The number of hydrogen-bond acceptors (Lipinski definition) is 2. The van der Waals surface area contributed by atoms with E-state index in [1.165, 1.54) is 4.42 Å². The summed E-state index contributed by atoms with van der Waals surface area (Å²) in [7, 11) is 0. The second kappa shape index (κ2) is 3.37. The molecular weight excluding hydrogens is 230 g/mol. The van der Waals surface area contributed by atoms with E-state index < -0.39 is 5.50 Å². The van der Waals surface area contributed by atoms with Crippen LogP contribution in [-0.4, -0.2) is 11.7 Å². The molecule has 1 aromatic carbocycles. The number of rotatable bonds is 0. The molecule has 1 atom stereocenters. The Balaban J connectivity index is 2.60. The van der Waals surface area contributed by atoms with Gasteiger partial charge in [0.05, 0.1) is 16.4 Å². The third-order valence-corrected chi connectivity index (χ3v) is 2.82. The maximum atomic E-state index is 5.94. The van der Waals surface area contributed by atoms with Crippen LogP contribution in [0.25, 0.3) is 0 Å². The van der Waals surface area contributed by atoms with Crippen molar-refractivity contribution >= 4 is 52.6 Å². The van der Waals surface area contributed by atoms with E-state index in [-0.39, 0.29) is 0 Å². The van der Waals surface area contributed by atoms with Crippen molar-refractivity contribution in [3.05, 3.63) is 23.2 Å². The van der Waals surface area contributed by atoms with E-state index in [4.69, 9.17) is 35.0 Å². The van der Waals surface area contributed by atoms with Gasteiger partial charge in [-0.3, -0.25) is 9.41 Å². The number of hydrogen-bond donors (Lipinski definition) is 0. The third-order valence-electron chi connectivity index (χ3n) is 1.73. The average molecular weight is 236 g/mol. The van der Waals surface area contributed by atoms with Crippen molar-refractivity contribution in [2.75, 3.05) is 4.42 Å². The number of aliphatic imine (C=N–C) groups is 1. The topological polar surface area (TPSA) is 15.6 Å². The van der Waals surface area contributed by atoms with Crippen LogP contribution in [-0.2, 0) is 0 Å². The predicted molar refractivity (Wildman–Crippen MR) is 57.6 cm³/mol. The summed E-state index contributed by atoms with van der Waals surface area (Å²) in [4.78, 5) is 4.12. The summed E-state index contributed by atoms with van der Waals surface area (Å²) in [6, 6.07) is 5.40. The van der Waals surface area contributed by atoms with Crippen molar-refractivity contribution in [1.29, 1.82) is 0 Å². The number of anilines is 1. The molecule has 0 amide bonds. The molecule has 0 saturated carbocycles. The van der Waals surface area contributed by atoms with Crippen LogP contribution in [0.4, 0.5) is 11.4 Å². The molecule has 0 bridgehead atoms. The highest BCUT2D eigenvalue weighted by Crippen LogP contribution is 2.40. The van der Waals surface area contributed by atoms with Crippen LogP contribution >= 0.6 is 35.0 Å². The lowest BCUT2D eigenvalue weighted by atomic mass is 10.2. The number of benzene rings is 1. The molecular formula is C8H5Cl3N2. The Hall–Kier alpha value is -0.440. The minimum Gasteiger partial charge on any atom is -0.258 e. The number of nitrogens with zero attached hydrogens (tertiary/aromatic N) is 2. The summed E-state index contributed by atoms with van der Waals surface area (Å²) < 4.78 is 1.37. The first-order chi connectivity index (χ1) is 6.20. The first kappa shape index (κ1) is 9.13. The Morgan fingerprint density at radius 3 is 2.92 bits per heavy atom. The molecule has 0 saturated heterocycles. The van der Waals surface area contributed by atoms with Gasteiger partial charge in [0.1, 0.15) is 0 Å². The molecule has 1 aliphatic heterocycles. The molecule has 0 aliphatic carbocycles. The van der Waals surface area contributed by atoms with Gasteiger partial charge in [-0.25, -0.2) is 0 Å². The Morgan fingerprint density at radius 1 is 1.38 bits per heavy atom. The summed E-state index contributed by atoms with van der Waals surface area (Å²) in [5, 5.41) is 0.551. The zero-order chi connectivity index (χ0) is 9.42. The smallest absolute Gasteiger partial charge is 0.155 e. The number of halogens is 3. The van der Waals surface area contributed by atoms with E-state index >= 15 is 0 Å². The van der Waals surface area contributed by atoms with Gasteiger partial charge in [-0.1, -0.05) is 29.3 Å². The van der Waals surface area contributed by atoms with Gasteiger partial charge in [-0.15, -0.1) is 0 Å². The molecule has 0 N–H and O–H groups in total. The number of alkyl halides is 1. The molecule has 1 aromatic rings. The summed E-state index contributed by atoms with van der Waals surface area (Å²) >= 11 is 17.7. The first-order valence-corrected chi connectivity index (χ1v) is 4.77. The monoisotopic (exact) mass is 234 g/mol. The minimum atomic E-state index is -0.450. The van der Waals surface area contributed by atoms with Crippen molar-refractivity contribution in [2.45, 2.75) is 5.50 Å². The summed E-state index contributed by atoms with van der Waals surface area (Å²) in [5.41, 5.74) is 0.946. The van der Waals surface area contributed by atoms with Crippen molar-refractivity contribution in [1.82, 2.24) is 0 Å². The molecule has 13 heavy (non-hydrogen) atoms. The van der Waals surface area contributed by atoms with Gasteiger partial charge in [-0.2, -0.15) is 0 Å². The molecule has 0 fully saturated rings. The average Bonchev–Trinajstić information content (AvgIpc) is 2.12. The lowest BCUT2D eigenvalue weighted by molar-refractivity contribution is 1.14. The fourth-order valence-corrected chi connectivity index (χ4v) is 1.83. The molecule has 1 aliphatic rings. The highest BCUT2D eigenvalue weighted by molar-refractivity contribution is 6.42. The molecule has 5 heteroatoms. The van der Waals surface area contributed by atoms with Crippen molar-refractivity contribution in [2.24, 2.45) is 4.99 Å². The van der Waals surface area contributed by atoms with Gasteiger partial charge < -0.3 is 0 Å². The van der Waals surface area contributed by atoms with Crippen LogP contribution in [0.5, 0.6) is 0 Å². The molecule has 1 unspecified atom stereocenters. The van der Waals surface area contributed by atoms with Gasteiger partial charge >= 0.3 is 0 Å². The molecule has 68 valence electrons. The van der Waals surface area contributed by atoms with Crippen molar-refractivity contribution < 1.29 is 0 Å². The maximum Gasteiger partial charge on any atom is 0.155 e. The number of para-hydroxylation sites is 1. The van der Waals surface area contributed by atoms with E-state index in [9.17, 15) is 0 Å². The molecule has 2 rings (SSSR count). The second-order valence-corrected chi connectivity index (χ2v) is 3.79. The van der Waals surface area contributed by atoms with Crippen LogP contribution in [0.3, 0.4) is 0 Å². The van der Waals surface area contributed by atoms with Crippen LogP contribution in [0.1, 0.15) is 0 Å². The Bertz CT molecular complexity index is 364. The fraction of sp³-hybridized carbons (Fsp3) is 0.125. The van der Waals surface area contributed by atoms with E-state index in [0.29, 0.717) is 10.7 Å². The molecule has 1 heterocycles. The number of fused-ring (bicyclic) bond motifs is 1. The van der Waals surface area contributed by atoms with Gasteiger partial charge in [0.2, 0.25) is 0 Å². The molecule has 2 nitrogen and oxygen atoms in total. The van der Waals surface area contributed by atoms with Gasteiger partial charge in [0.15, 0.2) is 5.50 Å². The van der Waals surface area contributed by atoms with Gasteiger partial charge in [0, 0.05) is 18.0 Å². The van der Waals surface area contributed by atoms with E-state index in [0.717, 1.165) is 5.69 Å². The quantitative estimate of drug-likeness (QED) is 0.381. The van der Waals surface area contributed by atoms with E-state index in [1.807, 2.05) is 12.1 Å². The maximum absolute atomic E-state index is 5.94. The Morgan fingerprint density at radius 2 is 2.15 bits per heavy atom. The van der Waals surface area contributed by atoms with Crippen LogP contribution in [0.2, 0.25) is 5.02 Å². The van der Waals surface area contributed by atoms with E-state index in [2.05, 4.69) is 4.99 Å². The van der Waals surface area contributed by atoms with Crippen molar-refractivity contribution in [3.8, 4) is 0 Å². The normalized spacial score (nSPS) is 20.2. The second-order valence-electron chi connectivity index (χ2n) is 2.57. The van der Waals surface area contributed by atoms with Crippen molar-refractivity contribution in [3.63, 3.8) is 0 Å². The van der Waals surface area contributed by atoms with Crippen LogP contribution in [0, 0.1) is 0 Å². The minimum absolute atomic E-state index is 0.450. The molecule has 0 spiro atoms. The lowest BCUT2D eigenvalue weighted by Gasteiger charge is -2.24. The van der Waals surface area contributed by atoms with E-state index in [1.54, 1.807) is 12.3 Å². The lowest BCUT2D eigenvalue weighted by Crippen LogP contribution is -2.25. The zero-order valence-electron chi connectivity index (χ0n) is 6.42. The summed E-state index contributed by atoms with van der Waals surface area (Å²) in [6.07, 6.45) is 1.56. The first-order valence-electron chi connectivity index (χ1n) is 3.62. The largest absolute Gasteiger partial charge is 0.258 e. The zero-order valence-corrected chi connectivity index (χ0v) is 8.68. The standard InChI is InChI=1S/C8H5Cl3N2/c9-5-2-1-3-6-8(5)13(11)7(10)4-12-6/h1-4,7H. The molecule has 0 aromatic heterocycles. The summed E-state index contributed by atoms with van der Waals surface area (Å²) in [6.45, 7) is 0.